The van der Waals surface area contributed by atoms with Crippen molar-refractivity contribution in [3.63, 3.8) is 0 Å². The van der Waals surface area contributed by atoms with Crippen LogP contribution in [0.5, 0.6) is 5.75 Å². The molecular formula is C18H22N6O2. The molecule has 136 valence electrons. The summed E-state index contributed by atoms with van der Waals surface area (Å²) in [5.74, 6) is 1.60. The molecule has 1 unspecified atom stereocenters. The maximum absolute atomic E-state index is 5.94. The van der Waals surface area contributed by atoms with E-state index in [9.17, 15) is 0 Å². The van der Waals surface area contributed by atoms with Crippen molar-refractivity contribution in [3.05, 3.63) is 30.6 Å². The van der Waals surface area contributed by atoms with E-state index in [1.165, 1.54) is 0 Å². The molecule has 26 heavy (non-hydrogen) atoms. The maximum atomic E-state index is 5.94. The summed E-state index contributed by atoms with van der Waals surface area (Å²) in [5, 5.41) is 3.27. The highest BCUT2D eigenvalue weighted by Crippen LogP contribution is 2.29. The van der Waals surface area contributed by atoms with Crippen molar-refractivity contribution in [2.45, 2.75) is 32.4 Å². The minimum absolute atomic E-state index is 0.0543. The van der Waals surface area contributed by atoms with Gasteiger partial charge in [0.25, 0.3) is 0 Å². The Morgan fingerprint density at radius 3 is 2.85 bits per heavy atom. The van der Waals surface area contributed by atoms with Gasteiger partial charge in [-0.05, 0) is 50.5 Å². The molecule has 0 saturated carbocycles. The Labute approximate surface area is 151 Å². The first kappa shape index (κ1) is 16.6. The molecule has 2 aromatic heterocycles. The van der Waals surface area contributed by atoms with Crippen LogP contribution in [-0.4, -0.2) is 32.7 Å². The lowest BCUT2D eigenvalue weighted by Gasteiger charge is -2.23. The van der Waals surface area contributed by atoms with E-state index in [-0.39, 0.29) is 12.2 Å². The highest BCUT2D eigenvalue weighted by atomic mass is 16.5. The van der Waals surface area contributed by atoms with Crippen LogP contribution in [0.15, 0.2) is 30.6 Å². The van der Waals surface area contributed by atoms with Crippen molar-refractivity contribution >= 4 is 28.6 Å². The Morgan fingerprint density at radius 1 is 1.27 bits per heavy atom. The van der Waals surface area contributed by atoms with Crippen LogP contribution >= 0.6 is 0 Å². The number of fused-ring (bicyclic) bond motifs is 1. The monoisotopic (exact) mass is 354 g/mol. The number of rotatable bonds is 5. The van der Waals surface area contributed by atoms with Crippen LogP contribution < -0.4 is 15.8 Å². The summed E-state index contributed by atoms with van der Waals surface area (Å²) in [6, 6.07) is 7.66. The third-order valence-electron chi connectivity index (χ3n) is 4.33. The van der Waals surface area contributed by atoms with E-state index >= 15 is 0 Å². The second-order valence-electron chi connectivity index (χ2n) is 6.16. The van der Waals surface area contributed by atoms with Crippen LogP contribution in [0.25, 0.3) is 11.2 Å². The number of aromatic nitrogens is 4. The summed E-state index contributed by atoms with van der Waals surface area (Å²) in [6.45, 7) is 3.34. The molecule has 3 heterocycles. The zero-order valence-electron chi connectivity index (χ0n) is 14.7. The van der Waals surface area contributed by atoms with Gasteiger partial charge in [0.2, 0.25) is 5.95 Å². The first-order chi connectivity index (χ1) is 12.7. The molecule has 1 aromatic carbocycles. The van der Waals surface area contributed by atoms with Crippen molar-refractivity contribution in [1.29, 1.82) is 0 Å². The lowest BCUT2D eigenvalue weighted by Crippen LogP contribution is -2.18. The van der Waals surface area contributed by atoms with Crippen LogP contribution in [0, 0.1) is 0 Å². The maximum Gasteiger partial charge on any atom is 0.224 e. The normalized spacial score (nSPS) is 17.3. The van der Waals surface area contributed by atoms with Crippen LogP contribution in [-0.2, 0) is 4.74 Å². The molecule has 1 saturated heterocycles. The topological polar surface area (TPSA) is 100 Å². The van der Waals surface area contributed by atoms with E-state index in [0.717, 1.165) is 37.3 Å². The number of nitrogens with one attached hydrogen (secondary N) is 1. The molecular weight excluding hydrogens is 332 g/mol. The molecule has 8 nitrogen and oxygen atoms in total. The molecule has 1 atom stereocenters. The second kappa shape index (κ2) is 7.17. The number of nitrogen functional groups attached to an aromatic ring is 1. The fraction of sp³-hybridized carbons (Fsp3) is 0.389. The van der Waals surface area contributed by atoms with Gasteiger partial charge < -0.3 is 20.5 Å². The smallest absolute Gasteiger partial charge is 0.224 e. The van der Waals surface area contributed by atoms with E-state index in [4.69, 9.17) is 15.2 Å². The minimum Gasteiger partial charge on any atom is -0.494 e. The fourth-order valence-corrected chi connectivity index (χ4v) is 3.11. The third kappa shape index (κ3) is 3.28. The summed E-state index contributed by atoms with van der Waals surface area (Å²) in [6.07, 6.45) is 4.85. The van der Waals surface area contributed by atoms with Crippen molar-refractivity contribution in [3.8, 4) is 5.75 Å². The lowest BCUT2D eigenvalue weighted by molar-refractivity contribution is -0.0298. The largest absolute Gasteiger partial charge is 0.494 e. The van der Waals surface area contributed by atoms with Crippen LogP contribution in [0.3, 0.4) is 0 Å². The lowest BCUT2D eigenvalue weighted by atomic mass is 10.2. The summed E-state index contributed by atoms with van der Waals surface area (Å²) in [7, 11) is 0. The highest BCUT2D eigenvalue weighted by molar-refractivity contribution is 5.86. The molecule has 3 aromatic rings. The van der Waals surface area contributed by atoms with Gasteiger partial charge in [-0.1, -0.05) is 0 Å². The third-order valence-corrected chi connectivity index (χ3v) is 4.33. The van der Waals surface area contributed by atoms with Crippen molar-refractivity contribution in [2.75, 3.05) is 24.3 Å². The summed E-state index contributed by atoms with van der Waals surface area (Å²) < 4.78 is 13.3. The number of nitrogens with zero attached hydrogens (tertiary/aromatic N) is 4. The van der Waals surface area contributed by atoms with Crippen LogP contribution in [0.4, 0.5) is 17.5 Å². The average Bonchev–Trinajstić information content (AvgIpc) is 3.08. The van der Waals surface area contributed by atoms with Crippen LogP contribution in [0.2, 0.25) is 0 Å². The molecule has 3 N–H and O–H groups in total. The highest BCUT2D eigenvalue weighted by Gasteiger charge is 2.21. The van der Waals surface area contributed by atoms with E-state index in [0.29, 0.717) is 23.6 Å². The fourth-order valence-electron chi connectivity index (χ4n) is 3.11. The van der Waals surface area contributed by atoms with Gasteiger partial charge in [-0.15, -0.1) is 0 Å². The van der Waals surface area contributed by atoms with Gasteiger partial charge in [0.1, 0.15) is 12.0 Å². The summed E-state index contributed by atoms with van der Waals surface area (Å²) in [5.41, 5.74) is 8.15. The van der Waals surface area contributed by atoms with Gasteiger partial charge in [0, 0.05) is 12.3 Å². The van der Waals surface area contributed by atoms with Gasteiger partial charge in [0.05, 0.1) is 12.9 Å². The van der Waals surface area contributed by atoms with Crippen LogP contribution in [0.1, 0.15) is 32.4 Å². The zero-order valence-corrected chi connectivity index (χ0v) is 14.7. The van der Waals surface area contributed by atoms with Gasteiger partial charge in [-0.25, -0.2) is 4.98 Å². The second-order valence-corrected chi connectivity index (χ2v) is 6.16. The van der Waals surface area contributed by atoms with E-state index < -0.39 is 0 Å². The SMILES string of the molecule is CCOc1ccc(Nc2nc(N)nc3c2ncn3C2CCCCO2)cc1. The molecule has 0 amide bonds. The first-order valence-electron chi connectivity index (χ1n) is 8.86. The van der Waals surface area contributed by atoms with Gasteiger partial charge in [0.15, 0.2) is 17.0 Å². The van der Waals surface area contributed by atoms with Crippen molar-refractivity contribution in [1.82, 2.24) is 19.5 Å². The number of imidazole rings is 1. The van der Waals surface area contributed by atoms with Gasteiger partial charge in [-0.2, -0.15) is 9.97 Å². The molecule has 0 aliphatic carbocycles. The quantitative estimate of drug-likeness (QED) is 0.725. The van der Waals surface area contributed by atoms with Gasteiger partial charge >= 0.3 is 0 Å². The average molecular weight is 354 g/mol. The minimum atomic E-state index is -0.0543. The molecule has 0 bridgehead atoms. The Bertz CT molecular complexity index is 887. The van der Waals surface area contributed by atoms with Crippen molar-refractivity contribution < 1.29 is 9.47 Å². The molecule has 0 radical (unpaired) electrons. The predicted octanol–water partition coefficient (Wildman–Crippen LogP) is 3.25. The number of benzene rings is 1. The summed E-state index contributed by atoms with van der Waals surface area (Å²) >= 11 is 0. The standard InChI is InChI=1S/C18H22N6O2/c1-2-25-13-8-6-12(7-9-13)21-16-15-17(23-18(19)22-16)24(11-20-15)14-5-3-4-10-26-14/h6-9,11,14H,2-5,10H2,1H3,(H3,19,21,22,23). The first-order valence-corrected chi connectivity index (χ1v) is 8.86. The van der Waals surface area contributed by atoms with E-state index in [2.05, 4.69) is 20.3 Å². The number of ether oxygens (including phenoxy) is 2. The molecule has 4 rings (SSSR count). The predicted molar refractivity (Wildman–Crippen MR) is 99.5 cm³/mol. The zero-order chi connectivity index (χ0) is 17.9. The number of anilines is 3. The molecule has 0 spiro atoms. The van der Waals surface area contributed by atoms with Gasteiger partial charge in [-0.3, -0.25) is 4.57 Å². The Morgan fingerprint density at radius 2 is 2.12 bits per heavy atom. The Kier molecular flexibility index (Phi) is 4.57. The molecule has 1 fully saturated rings. The molecule has 8 heteroatoms. The summed E-state index contributed by atoms with van der Waals surface area (Å²) in [4.78, 5) is 13.2. The molecule has 1 aliphatic rings. The van der Waals surface area contributed by atoms with E-state index in [1.54, 1.807) is 6.33 Å². The van der Waals surface area contributed by atoms with E-state index in [1.807, 2.05) is 35.8 Å². The Balaban J connectivity index is 1.65. The number of nitrogens with two attached hydrogens (primary N) is 1. The number of hydrogen-bond donors (Lipinski definition) is 2. The number of hydrogen-bond acceptors (Lipinski definition) is 7. The van der Waals surface area contributed by atoms with Crippen molar-refractivity contribution in [2.24, 2.45) is 0 Å². The Hall–Kier alpha value is -2.87. The molecule has 1 aliphatic heterocycles.